The number of hydrogen-bond acceptors (Lipinski definition) is 6. The van der Waals surface area contributed by atoms with Gasteiger partial charge in [-0.2, -0.15) is 15.3 Å². The Kier molecular flexibility index (Phi) is 4.66. The van der Waals surface area contributed by atoms with Crippen LogP contribution in [-0.2, 0) is 7.05 Å². The second-order valence-electron chi connectivity index (χ2n) is 6.41. The van der Waals surface area contributed by atoms with Gasteiger partial charge in [-0.3, -0.25) is 9.89 Å². The third-order valence-electron chi connectivity index (χ3n) is 4.44. The Morgan fingerprint density at radius 1 is 1.28 bits per heavy atom. The number of aryl methyl sites for hydroxylation is 1. The SMILES string of the molecule is CCNC(=O)c1ccc(-c2nc(Nc3ccc4[nH]ncc4c3)n(C)n2)cc1C#N. The van der Waals surface area contributed by atoms with Crippen LogP contribution < -0.4 is 10.6 Å². The van der Waals surface area contributed by atoms with Gasteiger partial charge in [-0.15, -0.1) is 5.10 Å². The van der Waals surface area contributed by atoms with E-state index in [2.05, 4.69) is 37.0 Å². The predicted octanol–water partition coefficient (Wildman–Crippen LogP) is 2.72. The summed E-state index contributed by atoms with van der Waals surface area (Å²) in [5.41, 5.74) is 3.07. The molecule has 0 bridgehead atoms. The van der Waals surface area contributed by atoms with Crippen LogP contribution in [0, 0.1) is 11.3 Å². The number of rotatable bonds is 5. The first kappa shape index (κ1) is 18.2. The van der Waals surface area contributed by atoms with Crippen LogP contribution in [0.2, 0.25) is 0 Å². The van der Waals surface area contributed by atoms with E-state index >= 15 is 0 Å². The molecule has 0 fully saturated rings. The molecule has 9 nitrogen and oxygen atoms in total. The van der Waals surface area contributed by atoms with E-state index < -0.39 is 0 Å². The minimum absolute atomic E-state index is 0.276. The van der Waals surface area contributed by atoms with Crippen molar-refractivity contribution >= 4 is 28.4 Å². The Morgan fingerprint density at radius 2 is 2.14 bits per heavy atom. The maximum Gasteiger partial charge on any atom is 0.252 e. The van der Waals surface area contributed by atoms with Gasteiger partial charge >= 0.3 is 0 Å². The molecule has 4 rings (SSSR count). The summed E-state index contributed by atoms with van der Waals surface area (Å²) in [6.07, 6.45) is 1.75. The quantitative estimate of drug-likeness (QED) is 0.484. The number of carbonyl (C=O) groups is 1. The Morgan fingerprint density at radius 3 is 2.93 bits per heavy atom. The molecule has 0 atom stereocenters. The third-order valence-corrected chi connectivity index (χ3v) is 4.44. The number of H-pyrrole nitrogens is 1. The minimum atomic E-state index is -0.276. The van der Waals surface area contributed by atoms with Crippen LogP contribution in [0.1, 0.15) is 22.8 Å². The van der Waals surface area contributed by atoms with E-state index in [1.165, 1.54) is 0 Å². The number of anilines is 2. The number of fused-ring (bicyclic) bond motifs is 1. The van der Waals surface area contributed by atoms with E-state index in [9.17, 15) is 10.1 Å². The summed E-state index contributed by atoms with van der Waals surface area (Å²) in [5, 5.41) is 27.7. The van der Waals surface area contributed by atoms with Gasteiger partial charge in [-0.1, -0.05) is 6.07 Å². The normalized spacial score (nSPS) is 10.7. The summed E-state index contributed by atoms with van der Waals surface area (Å²) in [6, 6.07) is 12.9. The Labute approximate surface area is 166 Å². The zero-order valence-electron chi connectivity index (χ0n) is 15.9. The highest BCUT2D eigenvalue weighted by atomic mass is 16.1. The van der Waals surface area contributed by atoms with Crippen LogP contribution in [-0.4, -0.2) is 37.4 Å². The van der Waals surface area contributed by atoms with E-state index in [0.717, 1.165) is 16.6 Å². The third kappa shape index (κ3) is 3.51. The zero-order chi connectivity index (χ0) is 20.4. The van der Waals surface area contributed by atoms with Crippen LogP contribution in [0.25, 0.3) is 22.3 Å². The largest absolute Gasteiger partial charge is 0.352 e. The van der Waals surface area contributed by atoms with Gasteiger partial charge in [0, 0.05) is 30.2 Å². The molecule has 2 aromatic carbocycles. The lowest BCUT2D eigenvalue weighted by atomic mass is 10.0. The van der Waals surface area contributed by atoms with E-state index in [-0.39, 0.29) is 11.5 Å². The zero-order valence-corrected chi connectivity index (χ0v) is 15.9. The van der Waals surface area contributed by atoms with E-state index in [0.29, 0.717) is 29.4 Å². The first-order valence-corrected chi connectivity index (χ1v) is 9.03. The van der Waals surface area contributed by atoms with E-state index in [1.807, 2.05) is 25.1 Å². The van der Waals surface area contributed by atoms with Crippen LogP contribution in [0.4, 0.5) is 11.6 Å². The van der Waals surface area contributed by atoms with Gasteiger partial charge in [-0.25, -0.2) is 4.68 Å². The first-order chi connectivity index (χ1) is 14.1. The van der Waals surface area contributed by atoms with E-state index in [1.54, 1.807) is 36.1 Å². The number of aromatic nitrogens is 5. The standard InChI is InChI=1S/C20H18N8O/c1-3-22-19(29)16-6-4-12(8-13(16)10-21)18-25-20(28(2)27-18)24-15-5-7-17-14(9-15)11-23-26-17/h4-9,11H,3H2,1-2H3,(H,22,29)(H,23,26)(H,24,25,27). The van der Waals surface area contributed by atoms with Crippen molar-refractivity contribution < 1.29 is 4.79 Å². The lowest BCUT2D eigenvalue weighted by Crippen LogP contribution is -2.23. The molecule has 2 aromatic heterocycles. The number of nitrogens with zero attached hydrogens (tertiary/aromatic N) is 5. The fourth-order valence-corrected chi connectivity index (χ4v) is 2.99. The molecule has 4 aromatic rings. The van der Waals surface area contributed by atoms with Gasteiger partial charge in [-0.05, 0) is 37.3 Å². The second kappa shape index (κ2) is 7.44. The molecule has 144 valence electrons. The summed E-state index contributed by atoms with van der Waals surface area (Å²) in [4.78, 5) is 16.6. The lowest BCUT2D eigenvalue weighted by molar-refractivity contribution is 0.0955. The molecular weight excluding hydrogens is 368 g/mol. The molecule has 3 N–H and O–H groups in total. The fourth-order valence-electron chi connectivity index (χ4n) is 2.99. The van der Waals surface area contributed by atoms with Crippen molar-refractivity contribution in [2.24, 2.45) is 7.05 Å². The molecule has 0 aliphatic rings. The van der Waals surface area contributed by atoms with Gasteiger partial charge in [0.2, 0.25) is 5.95 Å². The maximum absolute atomic E-state index is 12.1. The Bertz CT molecular complexity index is 1250. The number of nitriles is 1. The van der Waals surface area contributed by atoms with Crippen molar-refractivity contribution in [1.29, 1.82) is 5.26 Å². The fraction of sp³-hybridized carbons (Fsp3) is 0.150. The van der Waals surface area contributed by atoms with Crippen molar-refractivity contribution in [3.05, 3.63) is 53.7 Å². The summed E-state index contributed by atoms with van der Waals surface area (Å²) >= 11 is 0. The molecule has 0 aliphatic carbocycles. The molecule has 0 spiro atoms. The molecule has 29 heavy (non-hydrogen) atoms. The monoisotopic (exact) mass is 386 g/mol. The number of nitrogens with one attached hydrogen (secondary N) is 3. The predicted molar refractivity (Wildman–Crippen MR) is 109 cm³/mol. The van der Waals surface area contributed by atoms with Crippen molar-refractivity contribution in [3.63, 3.8) is 0 Å². The van der Waals surface area contributed by atoms with Crippen LogP contribution >= 0.6 is 0 Å². The van der Waals surface area contributed by atoms with E-state index in [4.69, 9.17) is 0 Å². The Balaban J connectivity index is 1.63. The number of aromatic amines is 1. The highest BCUT2D eigenvalue weighted by molar-refractivity contribution is 5.97. The van der Waals surface area contributed by atoms with Crippen molar-refractivity contribution in [1.82, 2.24) is 30.3 Å². The van der Waals surface area contributed by atoms with Gasteiger partial charge in [0.05, 0.1) is 28.9 Å². The minimum Gasteiger partial charge on any atom is -0.352 e. The molecule has 0 saturated heterocycles. The number of amides is 1. The summed E-state index contributed by atoms with van der Waals surface area (Å²) in [7, 11) is 1.78. The molecule has 0 aliphatic heterocycles. The molecule has 0 unspecified atom stereocenters. The smallest absolute Gasteiger partial charge is 0.252 e. The highest BCUT2D eigenvalue weighted by Gasteiger charge is 2.15. The molecule has 0 saturated carbocycles. The molecule has 2 heterocycles. The molecule has 0 radical (unpaired) electrons. The molecule has 1 amide bonds. The molecule has 9 heteroatoms. The van der Waals surface area contributed by atoms with Crippen molar-refractivity contribution in [2.75, 3.05) is 11.9 Å². The van der Waals surface area contributed by atoms with Crippen LogP contribution in [0.5, 0.6) is 0 Å². The van der Waals surface area contributed by atoms with Gasteiger partial charge in [0.25, 0.3) is 5.91 Å². The van der Waals surface area contributed by atoms with Gasteiger partial charge in [0.15, 0.2) is 5.82 Å². The Hall–Kier alpha value is -4.19. The highest BCUT2D eigenvalue weighted by Crippen LogP contribution is 2.24. The van der Waals surface area contributed by atoms with Crippen LogP contribution in [0.15, 0.2) is 42.6 Å². The average Bonchev–Trinajstić information content (AvgIpc) is 3.34. The second-order valence-corrected chi connectivity index (χ2v) is 6.41. The van der Waals surface area contributed by atoms with Crippen molar-refractivity contribution in [3.8, 4) is 17.5 Å². The number of hydrogen-bond donors (Lipinski definition) is 3. The van der Waals surface area contributed by atoms with Gasteiger partial charge < -0.3 is 10.6 Å². The van der Waals surface area contributed by atoms with Crippen LogP contribution in [0.3, 0.4) is 0 Å². The summed E-state index contributed by atoms with van der Waals surface area (Å²) < 4.78 is 1.62. The molecular formula is C20H18N8O. The van der Waals surface area contributed by atoms with Gasteiger partial charge in [0.1, 0.15) is 0 Å². The number of carbonyl (C=O) groups excluding carboxylic acids is 1. The summed E-state index contributed by atoms with van der Waals surface area (Å²) in [5.74, 6) is 0.731. The summed E-state index contributed by atoms with van der Waals surface area (Å²) in [6.45, 7) is 2.32. The maximum atomic E-state index is 12.1. The topological polar surface area (TPSA) is 124 Å². The first-order valence-electron chi connectivity index (χ1n) is 9.03. The lowest BCUT2D eigenvalue weighted by Gasteiger charge is -2.05. The number of benzene rings is 2. The van der Waals surface area contributed by atoms with Crippen molar-refractivity contribution in [2.45, 2.75) is 6.92 Å². The average molecular weight is 386 g/mol.